The number of aryl methyl sites for hydroxylation is 1. The number of benzene rings is 1. The number of methoxy groups -OCH3 is 1. The van der Waals surface area contributed by atoms with Crippen molar-refractivity contribution in [2.24, 2.45) is 0 Å². The third-order valence-electron chi connectivity index (χ3n) is 3.02. The van der Waals surface area contributed by atoms with Gasteiger partial charge in [0, 0.05) is 11.3 Å². The van der Waals surface area contributed by atoms with Crippen LogP contribution >= 0.6 is 11.6 Å². The third-order valence-corrected chi connectivity index (χ3v) is 3.19. The summed E-state index contributed by atoms with van der Waals surface area (Å²) in [5.41, 5.74) is 1.54. The molecule has 0 amide bonds. The van der Waals surface area contributed by atoms with Crippen LogP contribution in [0.15, 0.2) is 36.4 Å². The molecule has 0 fully saturated rings. The van der Waals surface area contributed by atoms with Crippen molar-refractivity contribution < 1.29 is 19.1 Å². The molecule has 0 spiro atoms. The monoisotopic (exact) mass is 305 g/mol. The molecule has 5 nitrogen and oxygen atoms in total. The van der Waals surface area contributed by atoms with Gasteiger partial charge in [-0.25, -0.2) is 9.36 Å². The molecule has 2 rings (SSSR count). The average Bonchev–Trinajstić information content (AvgIpc) is 2.83. The minimum absolute atomic E-state index is 0.0921. The number of halogens is 1. The molecule has 0 aliphatic carbocycles. The van der Waals surface area contributed by atoms with Crippen LogP contribution in [0, 0.1) is 6.92 Å². The first-order chi connectivity index (χ1) is 9.97. The Kier molecular flexibility index (Phi) is 4.23. The molecular formula is C15H12ClNO4. The number of Topliss-reactive ketones (excluding diaryl/α,β-unsaturated/α-hetero) is 1. The van der Waals surface area contributed by atoms with Crippen LogP contribution in [0.5, 0.6) is 0 Å². The normalized spacial score (nSPS) is 10.2. The number of ketones is 1. The van der Waals surface area contributed by atoms with Gasteiger partial charge in [-0.1, -0.05) is 30.3 Å². The molecule has 0 saturated heterocycles. The molecule has 2 aromatic rings. The van der Waals surface area contributed by atoms with Crippen LogP contribution in [0.1, 0.15) is 16.2 Å². The van der Waals surface area contributed by atoms with Crippen LogP contribution in [0.3, 0.4) is 0 Å². The lowest BCUT2D eigenvalue weighted by Gasteiger charge is -2.08. The predicted octanol–water partition coefficient (Wildman–Crippen LogP) is 3.03. The van der Waals surface area contributed by atoms with E-state index in [1.807, 2.05) is 6.07 Å². The molecule has 1 aromatic heterocycles. The van der Waals surface area contributed by atoms with E-state index in [0.29, 0.717) is 16.8 Å². The van der Waals surface area contributed by atoms with Crippen LogP contribution in [0.4, 0.5) is 4.79 Å². The van der Waals surface area contributed by atoms with Gasteiger partial charge < -0.3 is 4.74 Å². The van der Waals surface area contributed by atoms with Gasteiger partial charge in [-0.3, -0.25) is 9.59 Å². The van der Waals surface area contributed by atoms with Crippen LogP contribution in [0.25, 0.3) is 11.1 Å². The fourth-order valence-corrected chi connectivity index (χ4v) is 2.21. The Balaban J connectivity index is 2.75. The summed E-state index contributed by atoms with van der Waals surface area (Å²) in [5.74, 6) is -0.950. The number of ether oxygens (including phenoxy) is 1. The van der Waals surface area contributed by atoms with Gasteiger partial charge in [0.25, 0.3) is 11.0 Å². The summed E-state index contributed by atoms with van der Waals surface area (Å²) in [6.45, 7) is 1.64. The first-order valence-corrected chi connectivity index (χ1v) is 6.45. The van der Waals surface area contributed by atoms with Crippen molar-refractivity contribution in [3.05, 3.63) is 47.8 Å². The second kappa shape index (κ2) is 5.93. The van der Waals surface area contributed by atoms with Gasteiger partial charge in [-0.2, -0.15) is 0 Å². The molecule has 0 bridgehead atoms. The predicted molar refractivity (Wildman–Crippen MR) is 77.6 cm³/mol. The third kappa shape index (κ3) is 2.73. The summed E-state index contributed by atoms with van der Waals surface area (Å²) in [7, 11) is 1.20. The molecule has 6 heteroatoms. The smallest absolute Gasteiger partial charge is 0.418 e. The van der Waals surface area contributed by atoms with E-state index in [0.717, 1.165) is 4.57 Å². The molecule has 0 aliphatic rings. The van der Waals surface area contributed by atoms with Gasteiger partial charge in [0.15, 0.2) is 0 Å². The fraction of sp³-hybridized carbons (Fsp3) is 0.133. The zero-order chi connectivity index (χ0) is 15.6. The molecule has 1 heterocycles. The van der Waals surface area contributed by atoms with E-state index < -0.39 is 17.1 Å². The van der Waals surface area contributed by atoms with Gasteiger partial charge >= 0.3 is 6.09 Å². The van der Waals surface area contributed by atoms with Gasteiger partial charge in [0.2, 0.25) is 0 Å². The summed E-state index contributed by atoms with van der Waals surface area (Å²) in [6, 6.07) is 10.6. The van der Waals surface area contributed by atoms with Crippen LogP contribution in [-0.4, -0.2) is 28.8 Å². The lowest BCUT2D eigenvalue weighted by molar-refractivity contribution is -0.108. The highest BCUT2D eigenvalue weighted by Crippen LogP contribution is 2.28. The summed E-state index contributed by atoms with van der Waals surface area (Å²) >= 11 is 5.30. The Morgan fingerprint density at radius 2 is 1.76 bits per heavy atom. The molecule has 1 aromatic carbocycles. The Hall–Kier alpha value is -2.40. The number of nitrogens with zero attached hydrogens (tertiary/aromatic N) is 1. The van der Waals surface area contributed by atoms with E-state index in [1.165, 1.54) is 7.11 Å². The highest BCUT2D eigenvalue weighted by Gasteiger charge is 2.28. The van der Waals surface area contributed by atoms with Gasteiger partial charge in [0.1, 0.15) is 5.69 Å². The molecule has 0 radical (unpaired) electrons. The summed E-state index contributed by atoms with van der Waals surface area (Å²) < 4.78 is 5.70. The molecule has 0 N–H and O–H groups in total. The number of aromatic nitrogens is 1. The molecular weight excluding hydrogens is 294 g/mol. The summed E-state index contributed by atoms with van der Waals surface area (Å²) in [5, 5.41) is -1.16. The summed E-state index contributed by atoms with van der Waals surface area (Å²) in [4.78, 5) is 35.2. The number of carbonyl (C=O) groups excluding carboxylic acids is 3. The largest absolute Gasteiger partial charge is 0.452 e. The van der Waals surface area contributed by atoms with Crippen LogP contribution < -0.4 is 0 Å². The standard InChI is InChI=1S/C15H12ClNO4/c1-9-8-11(10-6-4-3-5-7-10)12(13(18)14(16)19)17(9)15(20)21-2/h3-8H,1-2H3. The van der Waals surface area contributed by atoms with Crippen molar-refractivity contribution in [3.63, 3.8) is 0 Å². The first-order valence-electron chi connectivity index (χ1n) is 6.07. The Morgan fingerprint density at radius 3 is 2.29 bits per heavy atom. The van der Waals surface area contributed by atoms with E-state index in [2.05, 4.69) is 4.74 Å². The van der Waals surface area contributed by atoms with Crippen molar-refractivity contribution in [1.29, 1.82) is 0 Å². The SMILES string of the molecule is COC(=O)n1c(C)cc(-c2ccccc2)c1C(=O)C(=O)Cl. The topological polar surface area (TPSA) is 65.4 Å². The molecule has 0 aliphatic heterocycles. The summed E-state index contributed by atoms with van der Waals surface area (Å²) in [6.07, 6.45) is -0.754. The van der Waals surface area contributed by atoms with E-state index in [-0.39, 0.29) is 5.69 Å². The molecule has 108 valence electrons. The molecule has 0 saturated carbocycles. The van der Waals surface area contributed by atoms with Crippen molar-refractivity contribution in [2.75, 3.05) is 7.11 Å². The Labute approximate surface area is 126 Å². The van der Waals surface area contributed by atoms with Gasteiger partial charge in [-0.05, 0) is 30.2 Å². The van der Waals surface area contributed by atoms with Crippen molar-refractivity contribution in [1.82, 2.24) is 4.57 Å². The second-order valence-electron chi connectivity index (χ2n) is 4.32. The highest BCUT2D eigenvalue weighted by atomic mass is 35.5. The Morgan fingerprint density at radius 1 is 1.14 bits per heavy atom. The average molecular weight is 306 g/mol. The number of hydrogen-bond acceptors (Lipinski definition) is 4. The van der Waals surface area contributed by atoms with Crippen LogP contribution in [0.2, 0.25) is 0 Å². The maximum atomic E-state index is 12.1. The fourth-order valence-electron chi connectivity index (χ4n) is 2.12. The minimum atomic E-state index is -1.16. The molecule has 0 unspecified atom stereocenters. The quantitative estimate of drug-likeness (QED) is 0.497. The Bertz CT molecular complexity index is 719. The van der Waals surface area contributed by atoms with Crippen molar-refractivity contribution >= 4 is 28.7 Å². The number of carbonyl (C=O) groups is 3. The number of hydrogen-bond donors (Lipinski definition) is 0. The van der Waals surface area contributed by atoms with Gasteiger partial charge in [-0.15, -0.1) is 0 Å². The minimum Gasteiger partial charge on any atom is -0.452 e. The first kappa shape index (κ1) is 15.0. The number of rotatable bonds is 3. The van der Waals surface area contributed by atoms with E-state index in [4.69, 9.17) is 11.6 Å². The van der Waals surface area contributed by atoms with E-state index in [1.54, 1.807) is 37.3 Å². The zero-order valence-corrected chi connectivity index (χ0v) is 12.2. The van der Waals surface area contributed by atoms with Crippen molar-refractivity contribution in [2.45, 2.75) is 6.92 Å². The van der Waals surface area contributed by atoms with E-state index in [9.17, 15) is 14.4 Å². The van der Waals surface area contributed by atoms with E-state index >= 15 is 0 Å². The maximum absolute atomic E-state index is 12.1. The van der Waals surface area contributed by atoms with Gasteiger partial charge in [0.05, 0.1) is 7.11 Å². The lowest BCUT2D eigenvalue weighted by Crippen LogP contribution is -2.22. The van der Waals surface area contributed by atoms with Crippen LogP contribution in [-0.2, 0) is 9.53 Å². The molecule has 0 atom stereocenters. The van der Waals surface area contributed by atoms with Crippen molar-refractivity contribution in [3.8, 4) is 11.1 Å². The second-order valence-corrected chi connectivity index (χ2v) is 4.67. The highest BCUT2D eigenvalue weighted by molar-refractivity contribution is 6.83. The zero-order valence-electron chi connectivity index (χ0n) is 11.4. The maximum Gasteiger partial charge on any atom is 0.418 e. The lowest BCUT2D eigenvalue weighted by atomic mass is 10.0. The molecule has 21 heavy (non-hydrogen) atoms.